The molecule has 76 valence electrons. The van der Waals surface area contributed by atoms with Gasteiger partial charge in [-0.25, -0.2) is 0 Å². The van der Waals surface area contributed by atoms with Gasteiger partial charge >= 0.3 is 0 Å². The minimum atomic E-state index is -0.565. The van der Waals surface area contributed by atoms with Gasteiger partial charge in [0.15, 0.2) is 0 Å². The summed E-state index contributed by atoms with van der Waals surface area (Å²) in [6, 6.07) is 10.8. The van der Waals surface area contributed by atoms with Crippen molar-refractivity contribution >= 4 is 15.9 Å². The van der Waals surface area contributed by atoms with Crippen LogP contribution in [0.5, 0.6) is 0 Å². The van der Waals surface area contributed by atoms with Gasteiger partial charge in [0.2, 0.25) is 5.95 Å². The van der Waals surface area contributed by atoms with Crippen molar-refractivity contribution in [3.05, 3.63) is 63.2 Å². The van der Waals surface area contributed by atoms with E-state index in [4.69, 9.17) is 0 Å². The Hall–Kier alpha value is -1.42. The van der Waals surface area contributed by atoms with Crippen molar-refractivity contribution in [2.45, 2.75) is 0 Å². The van der Waals surface area contributed by atoms with Crippen molar-refractivity contribution in [1.82, 2.24) is 4.57 Å². The van der Waals surface area contributed by atoms with E-state index in [0.717, 1.165) is 9.04 Å². The SMILES string of the molecule is O=c1cccc(F)n1-c1ccc(Br)cc1. The minimum Gasteiger partial charge on any atom is -0.269 e. The highest BCUT2D eigenvalue weighted by Crippen LogP contribution is 2.13. The van der Waals surface area contributed by atoms with E-state index >= 15 is 0 Å². The van der Waals surface area contributed by atoms with Gasteiger partial charge in [0.05, 0.1) is 5.69 Å². The summed E-state index contributed by atoms with van der Waals surface area (Å²) in [6.07, 6.45) is 0. The second-order valence-corrected chi connectivity index (χ2v) is 3.91. The van der Waals surface area contributed by atoms with Crippen molar-refractivity contribution in [3.8, 4) is 5.69 Å². The first-order valence-electron chi connectivity index (χ1n) is 4.32. The molecule has 0 N–H and O–H groups in total. The molecule has 1 aromatic heterocycles. The van der Waals surface area contributed by atoms with Crippen molar-refractivity contribution < 1.29 is 4.39 Å². The standard InChI is InChI=1S/C11H7BrFNO/c12-8-4-6-9(7-5-8)14-10(13)2-1-3-11(14)15/h1-7H. The van der Waals surface area contributed by atoms with E-state index in [1.807, 2.05) is 0 Å². The van der Waals surface area contributed by atoms with Gasteiger partial charge in [-0.2, -0.15) is 4.39 Å². The quantitative estimate of drug-likeness (QED) is 0.729. The van der Waals surface area contributed by atoms with Gasteiger partial charge in [0.25, 0.3) is 5.56 Å². The van der Waals surface area contributed by atoms with Gasteiger partial charge in [-0.15, -0.1) is 0 Å². The first-order chi connectivity index (χ1) is 7.18. The molecule has 0 aliphatic heterocycles. The van der Waals surface area contributed by atoms with E-state index in [2.05, 4.69) is 15.9 Å². The number of halogens is 2. The van der Waals surface area contributed by atoms with Gasteiger partial charge in [0.1, 0.15) is 0 Å². The second-order valence-electron chi connectivity index (χ2n) is 3.00. The molecule has 0 spiro atoms. The molecule has 2 rings (SSSR count). The van der Waals surface area contributed by atoms with E-state index in [9.17, 15) is 9.18 Å². The van der Waals surface area contributed by atoms with E-state index in [0.29, 0.717) is 5.69 Å². The van der Waals surface area contributed by atoms with Crippen LogP contribution in [0.4, 0.5) is 4.39 Å². The number of benzene rings is 1. The Bertz CT molecular complexity index is 533. The van der Waals surface area contributed by atoms with Gasteiger partial charge in [0, 0.05) is 10.5 Å². The summed E-state index contributed by atoms with van der Waals surface area (Å²) in [7, 11) is 0. The topological polar surface area (TPSA) is 22.0 Å². The predicted octanol–water partition coefficient (Wildman–Crippen LogP) is 2.74. The number of pyridine rings is 1. The van der Waals surface area contributed by atoms with Crippen molar-refractivity contribution in [3.63, 3.8) is 0 Å². The molecule has 2 aromatic rings. The van der Waals surface area contributed by atoms with Crippen LogP contribution in [0.3, 0.4) is 0 Å². The molecule has 15 heavy (non-hydrogen) atoms. The summed E-state index contributed by atoms with van der Waals surface area (Å²) in [5.41, 5.74) is 0.138. The Morgan fingerprint density at radius 1 is 1.07 bits per heavy atom. The highest BCUT2D eigenvalue weighted by atomic mass is 79.9. The van der Waals surface area contributed by atoms with Crippen LogP contribution in [-0.2, 0) is 0 Å². The van der Waals surface area contributed by atoms with Crippen LogP contribution in [0.2, 0.25) is 0 Å². The molecule has 2 nitrogen and oxygen atoms in total. The molecule has 0 bridgehead atoms. The number of aromatic nitrogens is 1. The Morgan fingerprint density at radius 2 is 1.73 bits per heavy atom. The van der Waals surface area contributed by atoms with Gasteiger partial charge in [-0.3, -0.25) is 9.36 Å². The van der Waals surface area contributed by atoms with Crippen molar-refractivity contribution in [2.24, 2.45) is 0 Å². The predicted molar refractivity (Wildman–Crippen MR) is 59.7 cm³/mol. The lowest BCUT2D eigenvalue weighted by Crippen LogP contribution is -2.19. The van der Waals surface area contributed by atoms with E-state index in [1.165, 1.54) is 18.2 Å². The van der Waals surface area contributed by atoms with Crippen LogP contribution in [-0.4, -0.2) is 4.57 Å². The van der Waals surface area contributed by atoms with Crippen LogP contribution >= 0.6 is 15.9 Å². The lowest BCUT2D eigenvalue weighted by molar-refractivity contribution is 0.543. The van der Waals surface area contributed by atoms with Crippen LogP contribution < -0.4 is 5.56 Å². The Balaban J connectivity index is 2.64. The Labute approximate surface area is 94.1 Å². The first kappa shape index (κ1) is 10.1. The molecular weight excluding hydrogens is 261 g/mol. The smallest absolute Gasteiger partial charge is 0.257 e. The van der Waals surface area contributed by atoms with E-state index in [-0.39, 0.29) is 5.56 Å². The van der Waals surface area contributed by atoms with Crippen LogP contribution in [0.1, 0.15) is 0 Å². The number of nitrogens with zero attached hydrogens (tertiary/aromatic N) is 1. The Morgan fingerprint density at radius 3 is 2.33 bits per heavy atom. The molecular formula is C11H7BrFNO. The largest absolute Gasteiger partial charge is 0.269 e. The van der Waals surface area contributed by atoms with Gasteiger partial charge in [-0.1, -0.05) is 22.0 Å². The highest BCUT2D eigenvalue weighted by molar-refractivity contribution is 9.10. The zero-order valence-corrected chi connectivity index (χ0v) is 9.24. The fourth-order valence-corrected chi connectivity index (χ4v) is 1.57. The number of hydrogen-bond acceptors (Lipinski definition) is 1. The lowest BCUT2D eigenvalue weighted by Gasteiger charge is -2.06. The van der Waals surface area contributed by atoms with E-state index in [1.54, 1.807) is 24.3 Å². The summed E-state index contributed by atoms with van der Waals surface area (Å²) in [5, 5.41) is 0. The molecule has 4 heteroatoms. The fourth-order valence-electron chi connectivity index (χ4n) is 1.30. The average molecular weight is 268 g/mol. The molecule has 0 saturated carbocycles. The van der Waals surface area contributed by atoms with Crippen LogP contribution in [0, 0.1) is 5.95 Å². The molecule has 0 aliphatic carbocycles. The normalized spacial score (nSPS) is 10.3. The summed E-state index contributed by atoms with van der Waals surface area (Å²) in [4.78, 5) is 11.4. The molecule has 0 fully saturated rings. The fraction of sp³-hybridized carbons (Fsp3) is 0. The maximum atomic E-state index is 13.4. The van der Waals surface area contributed by atoms with Crippen LogP contribution in [0.15, 0.2) is 51.7 Å². The van der Waals surface area contributed by atoms with Gasteiger partial charge < -0.3 is 0 Å². The molecule has 0 saturated heterocycles. The third-order valence-electron chi connectivity index (χ3n) is 1.99. The third-order valence-corrected chi connectivity index (χ3v) is 2.52. The van der Waals surface area contributed by atoms with Crippen molar-refractivity contribution in [1.29, 1.82) is 0 Å². The second kappa shape index (κ2) is 3.98. The molecule has 1 aromatic carbocycles. The summed E-state index contributed by atoms with van der Waals surface area (Å²) < 4.78 is 15.3. The summed E-state index contributed by atoms with van der Waals surface area (Å²) in [5.74, 6) is -0.565. The lowest BCUT2D eigenvalue weighted by atomic mass is 10.3. The molecule has 1 heterocycles. The monoisotopic (exact) mass is 267 g/mol. The minimum absolute atomic E-state index is 0.377. The molecule has 0 amide bonds. The molecule has 0 unspecified atom stereocenters. The average Bonchev–Trinajstić information content (AvgIpc) is 2.20. The van der Waals surface area contributed by atoms with Crippen molar-refractivity contribution in [2.75, 3.05) is 0 Å². The third kappa shape index (κ3) is 1.99. The van der Waals surface area contributed by atoms with Crippen LogP contribution in [0.25, 0.3) is 5.69 Å². The molecule has 0 aliphatic rings. The first-order valence-corrected chi connectivity index (χ1v) is 5.11. The summed E-state index contributed by atoms with van der Waals surface area (Å²) >= 11 is 3.27. The highest BCUT2D eigenvalue weighted by Gasteiger charge is 2.04. The zero-order valence-electron chi connectivity index (χ0n) is 7.65. The molecule has 0 radical (unpaired) electrons. The van der Waals surface area contributed by atoms with Gasteiger partial charge in [-0.05, 0) is 30.3 Å². The number of rotatable bonds is 1. The maximum absolute atomic E-state index is 13.4. The summed E-state index contributed by atoms with van der Waals surface area (Å²) in [6.45, 7) is 0. The van der Waals surface area contributed by atoms with E-state index < -0.39 is 5.95 Å². The molecule has 0 atom stereocenters. The maximum Gasteiger partial charge on any atom is 0.257 e. The Kier molecular flexibility index (Phi) is 2.68. The number of hydrogen-bond donors (Lipinski definition) is 0. The zero-order chi connectivity index (χ0) is 10.8.